The number of thiazole rings is 1. The fourth-order valence-electron chi connectivity index (χ4n) is 2.64. The second kappa shape index (κ2) is 5.69. The van der Waals surface area contributed by atoms with Crippen molar-refractivity contribution in [2.75, 3.05) is 26.2 Å². The summed E-state index contributed by atoms with van der Waals surface area (Å²) >= 11 is 1.33. The molecule has 0 unspecified atom stereocenters. The molecule has 1 N–H and O–H groups in total. The summed E-state index contributed by atoms with van der Waals surface area (Å²) in [5.74, 6) is -0.0934. The highest BCUT2D eigenvalue weighted by Crippen LogP contribution is 2.20. The summed E-state index contributed by atoms with van der Waals surface area (Å²) in [6.45, 7) is 1.23. The van der Waals surface area contributed by atoms with Gasteiger partial charge in [-0.2, -0.15) is 9.40 Å². The van der Waals surface area contributed by atoms with Gasteiger partial charge in [-0.3, -0.25) is 14.3 Å². The van der Waals surface area contributed by atoms with Crippen molar-refractivity contribution >= 4 is 32.2 Å². The lowest BCUT2D eigenvalue weighted by Gasteiger charge is -2.33. The van der Waals surface area contributed by atoms with Crippen molar-refractivity contribution in [2.45, 2.75) is 5.03 Å². The van der Waals surface area contributed by atoms with Gasteiger partial charge in [0.1, 0.15) is 4.88 Å². The number of hydrogen-bond donors (Lipinski definition) is 1. The zero-order valence-electron chi connectivity index (χ0n) is 12.5. The fraction of sp³-hybridized carbons (Fsp3) is 0.308. The third-order valence-corrected chi connectivity index (χ3v) is 6.75. The van der Waals surface area contributed by atoms with E-state index < -0.39 is 10.0 Å². The van der Waals surface area contributed by atoms with Crippen molar-refractivity contribution in [2.24, 2.45) is 0 Å². The predicted molar refractivity (Wildman–Crippen MR) is 86.3 cm³/mol. The minimum Gasteiger partial charge on any atom is -0.335 e. The van der Waals surface area contributed by atoms with Crippen LogP contribution in [0.15, 0.2) is 35.9 Å². The predicted octanol–water partition coefficient (Wildman–Crippen LogP) is 0.266. The Morgan fingerprint density at radius 1 is 1.21 bits per heavy atom. The van der Waals surface area contributed by atoms with Gasteiger partial charge in [0.25, 0.3) is 15.9 Å². The van der Waals surface area contributed by atoms with Gasteiger partial charge in [0.05, 0.1) is 6.20 Å². The lowest BCUT2D eigenvalue weighted by Crippen LogP contribution is -2.50. The first-order valence-electron chi connectivity index (χ1n) is 7.27. The molecule has 3 aromatic rings. The summed E-state index contributed by atoms with van der Waals surface area (Å²) in [6.07, 6.45) is 6.62. The van der Waals surface area contributed by atoms with E-state index in [4.69, 9.17) is 0 Å². The van der Waals surface area contributed by atoms with E-state index >= 15 is 0 Å². The minimum absolute atomic E-state index is 0.0711. The summed E-state index contributed by atoms with van der Waals surface area (Å²) in [4.78, 5) is 19.8. The van der Waals surface area contributed by atoms with Gasteiger partial charge in [0, 0.05) is 44.8 Å². The summed E-state index contributed by atoms with van der Waals surface area (Å²) in [5, 5.41) is 6.23. The Labute approximate surface area is 141 Å². The molecule has 0 aliphatic carbocycles. The van der Waals surface area contributed by atoms with Crippen LogP contribution in [0.25, 0.3) is 4.96 Å². The average Bonchev–Trinajstić information content (AvgIpc) is 3.30. The SMILES string of the molecule is O=C(c1cn2ccnc2s1)N1CCN(S(=O)(=O)c2ccn[nH]2)CC1. The Kier molecular flexibility index (Phi) is 3.62. The van der Waals surface area contributed by atoms with E-state index in [1.165, 1.54) is 27.9 Å². The van der Waals surface area contributed by atoms with Crippen LogP contribution in [0.4, 0.5) is 0 Å². The number of amides is 1. The first-order valence-corrected chi connectivity index (χ1v) is 9.53. The number of hydrogen-bond acceptors (Lipinski definition) is 6. The number of nitrogens with one attached hydrogen (secondary N) is 1. The largest absolute Gasteiger partial charge is 0.335 e. The Balaban J connectivity index is 1.46. The molecule has 24 heavy (non-hydrogen) atoms. The number of rotatable bonds is 3. The van der Waals surface area contributed by atoms with Crippen molar-refractivity contribution in [3.8, 4) is 0 Å². The topological polar surface area (TPSA) is 104 Å². The van der Waals surface area contributed by atoms with Crippen LogP contribution in [0.2, 0.25) is 0 Å². The molecule has 0 spiro atoms. The molecular weight excluding hydrogens is 352 g/mol. The normalized spacial score (nSPS) is 16.8. The Morgan fingerprint density at radius 3 is 2.67 bits per heavy atom. The van der Waals surface area contributed by atoms with Crippen LogP contribution in [0.5, 0.6) is 0 Å². The number of imidazole rings is 1. The monoisotopic (exact) mass is 366 g/mol. The maximum Gasteiger partial charge on any atom is 0.265 e. The van der Waals surface area contributed by atoms with Crippen molar-refractivity contribution in [1.29, 1.82) is 0 Å². The van der Waals surface area contributed by atoms with Gasteiger partial charge >= 0.3 is 0 Å². The van der Waals surface area contributed by atoms with E-state index in [0.717, 1.165) is 4.96 Å². The molecule has 0 saturated carbocycles. The molecule has 1 aliphatic heterocycles. The lowest BCUT2D eigenvalue weighted by atomic mass is 10.3. The highest BCUT2D eigenvalue weighted by atomic mass is 32.2. The van der Waals surface area contributed by atoms with Crippen LogP contribution in [-0.4, -0.2) is 69.3 Å². The summed E-state index contributed by atoms with van der Waals surface area (Å²) in [6, 6.07) is 1.42. The molecular formula is C13H14N6O3S2. The molecule has 1 fully saturated rings. The number of nitrogens with zero attached hydrogens (tertiary/aromatic N) is 5. The quantitative estimate of drug-likeness (QED) is 0.716. The van der Waals surface area contributed by atoms with Crippen LogP contribution < -0.4 is 0 Å². The molecule has 1 amide bonds. The van der Waals surface area contributed by atoms with Crippen molar-refractivity contribution in [3.05, 3.63) is 35.7 Å². The van der Waals surface area contributed by atoms with Crippen molar-refractivity contribution in [3.63, 3.8) is 0 Å². The van der Waals surface area contributed by atoms with Crippen molar-refractivity contribution in [1.82, 2.24) is 28.8 Å². The van der Waals surface area contributed by atoms with Crippen LogP contribution in [0.3, 0.4) is 0 Å². The van der Waals surface area contributed by atoms with E-state index in [0.29, 0.717) is 18.0 Å². The van der Waals surface area contributed by atoms with E-state index in [2.05, 4.69) is 15.2 Å². The standard InChI is InChI=1S/C13H14N6O3S2/c20-12(10-9-18-4-3-14-13(18)23-10)17-5-7-19(8-6-17)24(21,22)11-1-2-15-16-11/h1-4,9H,5-8H2,(H,15,16). The molecule has 1 saturated heterocycles. The van der Waals surface area contributed by atoms with Gasteiger partial charge in [0.2, 0.25) is 0 Å². The summed E-state index contributed by atoms with van der Waals surface area (Å²) < 4.78 is 28.0. The molecule has 9 nitrogen and oxygen atoms in total. The molecule has 126 valence electrons. The number of aromatic nitrogens is 4. The summed E-state index contributed by atoms with van der Waals surface area (Å²) in [7, 11) is -3.58. The second-order valence-corrected chi connectivity index (χ2v) is 8.25. The van der Waals surface area contributed by atoms with Crippen LogP contribution >= 0.6 is 11.3 Å². The van der Waals surface area contributed by atoms with E-state index in [1.54, 1.807) is 27.9 Å². The average molecular weight is 366 g/mol. The Bertz CT molecular complexity index is 938. The van der Waals surface area contributed by atoms with Gasteiger partial charge in [-0.1, -0.05) is 11.3 Å². The van der Waals surface area contributed by atoms with E-state index in [-0.39, 0.29) is 24.0 Å². The smallest absolute Gasteiger partial charge is 0.265 e. The zero-order chi connectivity index (χ0) is 16.7. The molecule has 0 atom stereocenters. The first kappa shape index (κ1) is 15.3. The molecule has 0 bridgehead atoms. The van der Waals surface area contributed by atoms with Crippen LogP contribution in [-0.2, 0) is 10.0 Å². The molecule has 11 heteroatoms. The molecule has 0 aromatic carbocycles. The van der Waals surface area contributed by atoms with E-state index in [1.807, 2.05) is 0 Å². The van der Waals surface area contributed by atoms with Gasteiger partial charge in [0.15, 0.2) is 9.99 Å². The third-order valence-electron chi connectivity index (χ3n) is 3.92. The third kappa shape index (κ3) is 2.50. The zero-order valence-corrected chi connectivity index (χ0v) is 14.1. The van der Waals surface area contributed by atoms with Gasteiger partial charge in [-0.05, 0) is 6.07 Å². The maximum absolute atomic E-state index is 12.6. The molecule has 1 aliphatic rings. The number of aromatic amines is 1. The highest BCUT2D eigenvalue weighted by molar-refractivity contribution is 7.89. The van der Waals surface area contributed by atoms with Crippen LogP contribution in [0, 0.1) is 0 Å². The Morgan fingerprint density at radius 2 is 2.00 bits per heavy atom. The van der Waals surface area contributed by atoms with Crippen molar-refractivity contribution < 1.29 is 13.2 Å². The number of carbonyl (C=O) groups excluding carboxylic acids is 1. The molecule has 4 heterocycles. The van der Waals surface area contributed by atoms with Gasteiger partial charge in [-0.15, -0.1) is 0 Å². The fourth-order valence-corrected chi connectivity index (χ4v) is 4.87. The minimum atomic E-state index is -3.58. The second-order valence-electron chi connectivity index (χ2n) is 5.33. The van der Waals surface area contributed by atoms with Gasteiger partial charge < -0.3 is 4.90 Å². The highest BCUT2D eigenvalue weighted by Gasteiger charge is 2.31. The molecule has 4 rings (SSSR count). The molecule has 0 radical (unpaired) electrons. The van der Waals surface area contributed by atoms with Gasteiger partial charge in [-0.25, -0.2) is 13.4 Å². The number of fused-ring (bicyclic) bond motifs is 1. The van der Waals surface area contributed by atoms with E-state index in [9.17, 15) is 13.2 Å². The van der Waals surface area contributed by atoms with Crippen LogP contribution in [0.1, 0.15) is 9.67 Å². The number of carbonyl (C=O) groups is 1. The maximum atomic E-state index is 12.6. The number of piperazine rings is 1. The number of sulfonamides is 1. The molecule has 3 aromatic heterocycles. The lowest BCUT2D eigenvalue weighted by molar-refractivity contribution is 0.0702. The Hall–Kier alpha value is -2.24. The first-order chi connectivity index (χ1) is 11.6. The summed E-state index contributed by atoms with van der Waals surface area (Å²) in [5.41, 5.74) is 0. The number of H-pyrrole nitrogens is 1.